The Hall–Kier alpha value is -4.28. The minimum atomic E-state index is -0.824. The van der Waals surface area contributed by atoms with Crippen molar-refractivity contribution in [3.05, 3.63) is 87.6 Å². The van der Waals surface area contributed by atoms with Crippen LogP contribution in [0.4, 0.5) is 0 Å². The lowest BCUT2D eigenvalue weighted by molar-refractivity contribution is -0.122. The first-order valence-corrected chi connectivity index (χ1v) is 12.3. The van der Waals surface area contributed by atoms with Crippen molar-refractivity contribution in [3.63, 3.8) is 0 Å². The molecule has 1 unspecified atom stereocenters. The Bertz CT molecular complexity index is 1520. The summed E-state index contributed by atoms with van der Waals surface area (Å²) in [6, 6.07) is 12.2. The van der Waals surface area contributed by atoms with Gasteiger partial charge >= 0.3 is 5.97 Å². The molecule has 11 heteroatoms. The Morgan fingerprint density at radius 2 is 1.79 bits per heavy atom. The van der Waals surface area contributed by atoms with Gasteiger partial charge in [-0.1, -0.05) is 23.7 Å². The van der Waals surface area contributed by atoms with E-state index in [-0.39, 0.29) is 31.1 Å². The average molecular weight is 552 g/mol. The summed E-state index contributed by atoms with van der Waals surface area (Å²) in [7, 11) is 4.30. The minimum absolute atomic E-state index is 0.0436. The molecule has 39 heavy (non-hydrogen) atoms. The van der Waals surface area contributed by atoms with E-state index in [0.717, 1.165) is 0 Å². The van der Waals surface area contributed by atoms with Crippen LogP contribution in [0.15, 0.2) is 70.3 Å². The number of Topliss-reactive ketones (excluding diaryl/α,β-unsaturated/α-hetero) is 1. The number of benzene rings is 2. The van der Waals surface area contributed by atoms with Crippen LogP contribution < -0.4 is 10.3 Å². The fourth-order valence-corrected chi connectivity index (χ4v) is 4.41. The molecule has 0 N–H and O–H groups in total. The summed E-state index contributed by atoms with van der Waals surface area (Å²) in [5, 5.41) is 8.14. The quantitative estimate of drug-likeness (QED) is 0.249. The van der Waals surface area contributed by atoms with Gasteiger partial charge in [-0.2, -0.15) is 0 Å². The van der Waals surface area contributed by atoms with Crippen LogP contribution in [0, 0.1) is 0 Å². The van der Waals surface area contributed by atoms with Crippen molar-refractivity contribution in [2.24, 2.45) is 0 Å². The molecule has 0 saturated carbocycles. The van der Waals surface area contributed by atoms with E-state index in [1.54, 1.807) is 42.5 Å². The molecule has 0 saturated heterocycles. The second-order valence-electron chi connectivity index (χ2n) is 8.56. The van der Waals surface area contributed by atoms with Crippen LogP contribution in [0.1, 0.15) is 28.4 Å². The molecule has 2 aromatic carbocycles. The zero-order valence-electron chi connectivity index (χ0n) is 21.5. The third-order valence-electron chi connectivity index (χ3n) is 6.18. The number of carbonyl (C=O) groups excluding carboxylic acids is 2. The zero-order valence-corrected chi connectivity index (χ0v) is 22.3. The van der Waals surface area contributed by atoms with Crippen LogP contribution in [-0.4, -0.2) is 54.5 Å². The molecule has 0 spiro atoms. The van der Waals surface area contributed by atoms with Gasteiger partial charge in [-0.3, -0.25) is 9.59 Å². The number of hydrogen-bond donors (Lipinski definition) is 0. The highest BCUT2D eigenvalue weighted by molar-refractivity contribution is 6.31. The van der Waals surface area contributed by atoms with E-state index in [0.29, 0.717) is 38.6 Å². The molecule has 0 aliphatic heterocycles. The highest BCUT2D eigenvalue weighted by Gasteiger charge is 2.25. The van der Waals surface area contributed by atoms with Crippen LogP contribution in [0.5, 0.6) is 5.75 Å². The molecule has 2 heterocycles. The Morgan fingerprint density at radius 3 is 2.44 bits per heavy atom. The van der Waals surface area contributed by atoms with E-state index in [1.165, 1.54) is 44.6 Å². The predicted octanol–water partition coefficient (Wildman–Crippen LogP) is 4.40. The largest absolute Gasteiger partial charge is 0.495 e. The topological polar surface area (TPSA) is 123 Å². The predicted molar refractivity (Wildman–Crippen MR) is 143 cm³/mol. The van der Waals surface area contributed by atoms with Crippen LogP contribution in [0.25, 0.3) is 22.6 Å². The van der Waals surface area contributed by atoms with Gasteiger partial charge in [0.25, 0.3) is 5.56 Å². The van der Waals surface area contributed by atoms with Crippen molar-refractivity contribution in [3.8, 4) is 28.3 Å². The normalized spacial score (nSPS) is 11.7. The number of pyridine rings is 1. The van der Waals surface area contributed by atoms with Gasteiger partial charge in [0.1, 0.15) is 5.75 Å². The third-order valence-corrected chi connectivity index (χ3v) is 6.42. The molecule has 202 valence electrons. The number of aromatic nitrogens is 3. The Labute approximate surface area is 229 Å². The van der Waals surface area contributed by atoms with Crippen LogP contribution in [0.3, 0.4) is 0 Å². The van der Waals surface area contributed by atoms with Gasteiger partial charge in [0.05, 0.1) is 32.0 Å². The second kappa shape index (κ2) is 12.5. The molecule has 4 aromatic rings. The van der Waals surface area contributed by atoms with Crippen molar-refractivity contribution in [1.82, 2.24) is 14.8 Å². The fraction of sp³-hybridized carbons (Fsp3) is 0.250. The monoisotopic (exact) mass is 551 g/mol. The van der Waals surface area contributed by atoms with Crippen molar-refractivity contribution in [2.75, 3.05) is 27.9 Å². The van der Waals surface area contributed by atoms with E-state index in [1.807, 2.05) is 0 Å². The molecule has 0 amide bonds. The molecular formula is C28H26ClN3O7. The summed E-state index contributed by atoms with van der Waals surface area (Å²) in [5.41, 5.74) is 2.22. The van der Waals surface area contributed by atoms with E-state index in [9.17, 15) is 14.4 Å². The maximum Gasteiger partial charge on any atom is 0.337 e. The first-order chi connectivity index (χ1) is 18.9. The Balaban J connectivity index is 1.72. The van der Waals surface area contributed by atoms with E-state index < -0.39 is 17.6 Å². The van der Waals surface area contributed by atoms with Gasteiger partial charge in [-0.25, -0.2) is 4.79 Å². The van der Waals surface area contributed by atoms with E-state index in [2.05, 4.69) is 10.2 Å². The highest BCUT2D eigenvalue weighted by atomic mass is 35.5. The summed E-state index contributed by atoms with van der Waals surface area (Å²) in [6.45, 7) is 0.254. The number of ketones is 1. The zero-order chi connectivity index (χ0) is 27.9. The molecule has 1 atom stereocenters. The number of halogens is 1. The lowest BCUT2D eigenvalue weighted by Gasteiger charge is -2.21. The molecule has 0 fully saturated rings. The molecule has 10 nitrogen and oxygen atoms in total. The Morgan fingerprint density at radius 1 is 1.03 bits per heavy atom. The minimum Gasteiger partial charge on any atom is -0.495 e. The maximum absolute atomic E-state index is 13.5. The SMILES string of the molecule is COCCC(C(=O)Cc1ccc(C(=O)OC)cc1)n1cc(OC)c(-c2cc(Cl)ccc2-c2nnco2)cc1=O. The molecule has 2 aromatic heterocycles. The Kier molecular flexibility index (Phi) is 8.90. The number of rotatable bonds is 11. The van der Waals surface area contributed by atoms with Gasteiger partial charge in [-0.05, 0) is 47.9 Å². The second-order valence-corrected chi connectivity index (χ2v) is 9.00. The summed E-state index contributed by atoms with van der Waals surface area (Å²) in [5.74, 6) is -0.0786. The number of methoxy groups -OCH3 is 3. The van der Waals surface area contributed by atoms with Gasteiger partial charge in [-0.15, -0.1) is 10.2 Å². The smallest absolute Gasteiger partial charge is 0.337 e. The summed E-state index contributed by atoms with van der Waals surface area (Å²) >= 11 is 6.28. The van der Waals surface area contributed by atoms with Crippen molar-refractivity contribution in [2.45, 2.75) is 18.9 Å². The fourth-order valence-electron chi connectivity index (χ4n) is 4.24. The highest BCUT2D eigenvalue weighted by Crippen LogP contribution is 2.38. The standard InChI is InChI=1S/C28H26ClN3O7/c1-36-11-10-23(24(33)12-17-4-6-18(7-5-17)28(35)38-3)32-15-25(37-2)22(14-26(32)34)21-13-19(29)8-9-20(21)27-31-30-16-39-27/h4-9,13-16,23H,10-12H2,1-3H3. The first kappa shape index (κ1) is 27.7. The number of ether oxygens (including phenoxy) is 3. The summed E-state index contributed by atoms with van der Waals surface area (Å²) < 4.78 is 22.3. The summed E-state index contributed by atoms with van der Waals surface area (Å²) in [4.78, 5) is 38.6. The number of carbonyl (C=O) groups is 2. The van der Waals surface area contributed by atoms with Crippen LogP contribution in [0.2, 0.25) is 5.02 Å². The van der Waals surface area contributed by atoms with Gasteiger partial charge in [0.2, 0.25) is 12.3 Å². The molecule has 0 radical (unpaired) electrons. The first-order valence-electron chi connectivity index (χ1n) is 11.9. The van der Waals surface area contributed by atoms with Gasteiger partial charge < -0.3 is 23.2 Å². The number of nitrogens with zero attached hydrogens (tertiary/aromatic N) is 3. The van der Waals surface area contributed by atoms with Crippen molar-refractivity contribution in [1.29, 1.82) is 0 Å². The van der Waals surface area contributed by atoms with E-state index in [4.69, 9.17) is 30.2 Å². The number of esters is 1. The van der Waals surface area contributed by atoms with Crippen molar-refractivity contribution >= 4 is 23.4 Å². The molecule has 0 bridgehead atoms. The van der Waals surface area contributed by atoms with Crippen LogP contribution in [-0.2, 0) is 20.7 Å². The molecular weight excluding hydrogens is 526 g/mol. The molecule has 0 aliphatic rings. The van der Waals surface area contributed by atoms with Crippen molar-refractivity contribution < 1.29 is 28.2 Å². The average Bonchev–Trinajstić information content (AvgIpc) is 3.48. The van der Waals surface area contributed by atoms with E-state index >= 15 is 0 Å². The van der Waals surface area contributed by atoms with Gasteiger partial charge in [0, 0.05) is 42.4 Å². The lowest BCUT2D eigenvalue weighted by atomic mass is 9.98. The van der Waals surface area contributed by atoms with Gasteiger partial charge in [0.15, 0.2) is 5.78 Å². The lowest BCUT2D eigenvalue weighted by Crippen LogP contribution is -2.31. The van der Waals surface area contributed by atoms with Crippen LogP contribution >= 0.6 is 11.6 Å². The number of hydrogen-bond acceptors (Lipinski definition) is 9. The molecule has 0 aliphatic carbocycles. The molecule has 4 rings (SSSR count). The third kappa shape index (κ3) is 6.24. The maximum atomic E-state index is 13.5. The summed E-state index contributed by atoms with van der Waals surface area (Å²) in [6.07, 6.45) is 3.02.